The van der Waals surface area contributed by atoms with Gasteiger partial charge in [0.25, 0.3) is 0 Å². The minimum Gasteiger partial charge on any atom is -0.368 e. The van der Waals surface area contributed by atoms with Crippen molar-refractivity contribution in [2.24, 2.45) is 11.5 Å². The van der Waals surface area contributed by atoms with Gasteiger partial charge >= 0.3 is 0 Å². The predicted octanol–water partition coefficient (Wildman–Crippen LogP) is -2.29. The second-order valence-electron chi connectivity index (χ2n) is 3.93. The normalized spacial score (nSPS) is 13.8. The van der Waals surface area contributed by atoms with E-state index in [9.17, 15) is 14.4 Å². The van der Waals surface area contributed by atoms with Crippen LogP contribution in [0.25, 0.3) is 0 Å². The van der Waals surface area contributed by atoms with E-state index in [1.54, 1.807) is 6.92 Å². The van der Waals surface area contributed by atoms with Gasteiger partial charge in [0.1, 0.15) is 13.1 Å². The summed E-state index contributed by atoms with van der Waals surface area (Å²) >= 11 is 0. The average Bonchev–Trinajstić information content (AvgIpc) is 2.11. The Bertz CT molecular complexity index is 367. The largest absolute Gasteiger partial charge is 0.368 e. The Morgan fingerprint density at radius 1 is 1.18 bits per heavy atom. The number of primary amides is 2. The molecule has 1 rings (SSSR count). The van der Waals surface area contributed by atoms with E-state index in [2.05, 4.69) is 5.32 Å². The molecular formula is C10H16N4O3. The van der Waals surface area contributed by atoms with Crippen LogP contribution < -0.4 is 16.8 Å². The third-order valence-corrected chi connectivity index (χ3v) is 2.51. The van der Waals surface area contributed by atoms with Crippen LogP contribution in [0.15, 0.2) is 11.1 Å². The van der Waals surface area contributed by atoms with Crippen molar-refractivity contribution in [3.63, 3.8) is 0 Å². The van der Waals surface area contributed by atoms with Crippen LogP contribution in [0, 0.1) is 0 Å². The minimum atomic E-state index is -0.677. The fourth-order valence-electron chi connectivity index (χ4n) is 1.48. The molecule has 1 aliphatic heterocycles. The van der Waals surface area contributed by atoms with Crippen LogP contribution in [0.1, 0.15) is 6.92 Å². The number of nitrogens with two attached hydrogens (primary N) is 2. The number of amides is 3. The van der Waals surface area contributed by atoms with Crippen molar-refractivity contribution in [2.45, 2.75) is 6.92 Å². The smallest absolute Gasteiger partial charge is 0.250 e. The van der Waals surface area contributed by atoms with Gasteiger partial charge in [-0.25, -0.2) is 0 Å². The van der Waals surface area contributed by atoms with Gasteiger partial charge in [-0.3, -0.25) is 14.4 Å². The molecule has 0 unspecified atom stereocenters. The van der Waals surface area contributed by atoms with Gasteiger partial charge in [0.05, 0.1) is 0 Å². The van der Waals surface area contributed by atoms with Crippen molar-refractivity contribution in [1.82, 2.24) is 10.2 Å². The number of hydrogen-bond acceptors (Lipinski definition) is 4. The van der Waals surface area contributed by atoms with E-state index in [1.165, 1.54) is 0 Å². The second-order valence-corrected chi connectivity index (χ2v) is 3.93. The Morgan fingerprint density at radius 3 is 1.94 bits per heavy atom. The molecule has 1 saturated heterocycles. The highest BCUT2D eigenvalue weighted by Gasteiger charge is 2.23. The molecule has 5 N–H and O–H groups in total. The second kappa shape index (κ2) is 5.44. The van der Waals surface area contributed by atoms with E-state index < -0.39 is 11.8 Å². The van der Waals surface area contributed by atoms with E-state index in [1.807, 2.05) is 0 Å². The number of rotatable bonds is 5. The maximum absolute atomic E-state index is 12.0. The van der Waals surface area contributed by atoms with Crippen molar-refractivity contribution >= 4 is 17.7 Å². The fourth-order valence-corrected chi connectivity index (χ4v) is 1.48. The maximum atomic E-state index is 12.0. The Morgan fingerprint density at radius 2 is 1.65 bits per heavy atom. The molecule has 0 spiro atoms. The maximum Gasteiger partial charge on any atom is 0.250 e. The Labute approximate surface area is 98.8 Å². The third kappa shape index (κ3) is 3.56. The SMILES string of the molecule is CC(C(=O)N(CC(N)=O)CC(N)=O)=C1CNC1. The minimum absolute atomic E-state index is 0.306. The van der Waals surface area contributed by atoms with Crippen LogP contribution in [0.3, 0.4) is 0 Å². The Kier molecular flexibility index (Phi) is 4.22. The first-order valence-corrected chi connectivity index (χ1v) is 5.17. The summed E-state index contributed by atoms with van der Waals surface area (Å²) in [5.41, 5.74) is 11.5. The summed E-state index contributed by atoms with van der Waals surface area (Å²) in [5.74, 6) is -1.73. The van der Waals surface area contributed by atoms with Gasteiger partial charge in [0.15, 0.2) is 0 Å². The summed E-state index contributed by atoms with van der Waals surface area (Å²) in [5, 5.41) is 3.01. The first-order chi connectivity index (χ1) is 7.91. The third-order valence-electron chi connectivity index (χ3n) is 2.51. The monoisotopic (exact) mass is 240 g/mol. The van der Waals surface area contributed by atoms with Gasteiger partial charge in [-0.2, -0.15) is 0 Å². The topological polar surface area (TPSA) is 119 Å². The molecule has 0 aliphatic carbocycles. The molecule has 1 heterocycles. The Hall–Kier alpha value is -1.89. The molecule has 7 heteroatoms. The Balaban J connectivity index is 2.78. The molecule has 0 bridgehead atoms. The average molecular weight is 240 g/mol. The zero-order valence-electron chi connectivity index (χ0n) is 9.66. The zero-order valence-corrected chi connectivity index (χ0v) is 9.66. The molecule has 7 nitrogen and oxygen atoms in total. The van der Waals surface area contributed by atoms with Crippen LogP contribution in [0.4, 0.5) is 0 Å². The quantitative estimate of drug-likeness (QED) is 0.468. The first-order valence-electron chi connectivity index (χ1n) is 5.17. The molecule has 0 saturated carbocycles. The summed E-state index contributed by atoms with van der Waals surface area (Å²) in [7, 11) is 0. The molecule has 0 aromatic rings. The van der Waals surface area contributed by atoms with Crippen LogP contribution in [-0.4, -0.2) is 48.8 Å². The molecular weight excluding hydrogens is 224 g/mol. The van der Waals surface area contributed by atoms with E-state index in [0.29, 0.717) is 18.7 Å². The molecule has 0 aromatic heterocycles. The number of carbonyl (C=O) groups excluding carboxylic acids is 3. The molecule has 1 aliphatic rings. The van der Waals surface area contributed by atoms with E-state index in [-0.39, 0.29) is 19.0 Å². The van der Waals surface area contributed by atoms with Gasteiger partial charge in [-0.1, -0.05) is 0 Å². The fraction of sp³-hybridized carbons (Fsp3) is 0.500. The number of nitrogens with one attached hydrogen (secondary N) is 1. The van der Waals surface area contributed by atoms with Crippen molar-refractivity contribution in [1.29, 1.82) is 0 Å². The molecule has 0 aromatic carbocycles. The van der Waals surface area contributed by atoms with E-state index in [4.69, 9.17) is 11.5 Å². The predicted molar refractivity (Wildman–Crippen MR) is 60.5 cm³/mol. The first kappa shape index (κ1) is 13.2. The molecule has 1 fully saturated rings. The van der Waals surface area contributed by atoms with Crippen molar-refractivity contribution in [2.75, 3.05) is 26.2 Å². The van der Waals surface area contributed by atoms with Crippen LogP contribution in [-0.2, 0) is 14.4 Å². The zero-order chi connectivity index (χ0) is 13.0. The van der Waals surface area contributed by atoms with Crippen molar-refractivity contribution in [3.8, 4) is 0 Å². The van der Waals surface area contributed by atoms with Crippen LogP contribution in [0.5, 0.6) is 0 Å². The lowest BCUT2D eigenvalue weighted by molar-refractivity contribution is -0.135. The van der Waals surface area contributed by atoms with Gasteiger partial charge in [-0.05, 0) is 12.5 Å². The summed E-state index contributed by atoms with van der Waals surface area (Å²) in [6.45, 7) is 2.35. The standard InChI is InChI=1S/C10H16N4O3/c1-6(7-2-13-3-7)10(17)14(4-8(11)15)5-9(12)16/h13H,2-5H2,1H3,(H2,11,15)(H2,12,16). The number of hydrogen-bond donors (Lipinski definition) is 3. The van der Waals surface area contributed by atoms with Gasteiger partial charge in [-0.15, -0.1) is 0 Å². The van der Waals surface area contributed by atoms with E-state index >= 15 is 0 Å². The van der Waals surface area contributed by atoms with Gasteiger partial charge in [0, 0.05) is 18.7 Å². The summed E-state index contributed by atoms with van der Waals surface area (Å²) in [4.78, 5) is 34.7. The molecule has 0 atom stereocenters. The summed E-state index contributed by atoms with van der Waals surface area (Å²) in [6.07, 6.45) is 0. The van der Waals surface area contributed by atoms with Crippen LogP contribution in [0.2, 0.25) is 0 Å². The highest BCUT2D eigenvalue weighted by Crippen LogP contribution is 2.11. The molecule has 0 radical (unpaired) electrons. The van der Waals surface area contributed by atoms with Crippen molar-refractivity contribution < 1.29 is 14.4 Å². The lowest BCUT2D eigenvalue weighted by Gasteiger charge is -2.25. The van der Waals surface area contributed by atoms with Crippen molar-refractivity contribution in [3.05, 3.63) is 11.1 Å². The van der Waals surface area contributed by atoms with Gasteiger partial charge < -0.3 is 21.7 Å². The van der Waals surface area contributed by atoms with Gasteiger partial charge in [0.2, 0.25) is 17.7 Å². The summed E-state index contributed by atoms with van der Waals surface area (Å²) in [6, 6.07) is 0. The molecule has 94 valence electrons. The van der Waals surface area contributed by atoms with E-state index in [0.717, 1.165) is 10.5 Å². The lowest BCUT2D eigenvalue weighted by Crippen LogP contribution is -2.45. The van der Waals surface area contributed by atoms with Crippen LogP contribution >= 0.6 is 0 Å². The lowest BCUT2D eigenvalue weighted by atomic mass is 10.0. The summed E-state index contributed by atoms with van der Waals surface area (Å²) < 4.78 is 0. The highest BCUT2D eigenvalue weighted by molar-refractivity contribution is 5.98. The number of nitrogens with zero attached hydrogens (tertiary/aromatic N) is 1. The number of carbonyl (C=O) groups is 3. The molecule has 3 amide bonds. The highest BCUT2D eigenvalue weighted by atomic mass is 16.2. The molecule has 17 heavy (non-hydrogen) atoms.